The van der Waals surface area contributed by atoms with E-state index in [4.69, 9.17) is 0 Å². The molecule has 1 aliphatic heterocycles. The van der Waals surface area contributed by atoms with Crippen LogP contribution in [-0.2, 0) is 6.54 Å². The molecular weight excluding hydrogens is 280 g/mol. The molecule has 0 bridgehead atoms. The summed E-state index contributed by atoms with van der Waals surface area (Å²) in [4.78, 5) is 7.03. The lowest BCUT2D eigenvalue weighted by Gasteiger charge is -2.48. The van der Waals surface area contributed by atoms with Crippen molar-refractivity contribution in [3.05, 3.63) is 66.0 Å². The Morgan fingerprint density at radius 2 is 1.83 bits per heavy atom. The van der Waals surface area contributed by atoms with E-state index in [1.807, 2.05) is 12.4 Å². The molecule has 1 aromatic heterocycles. The largest absolute Gasteiger partial charge is 0.296 e. The highest BCUT2D eigenvalue weighted by Crippen LogP contribution is 2.44. The summed E-state index contributed by atoms with van der Waals surface area (Å²) in [5, 5.41) is 0. The molecule has 1 aromatic carbocycles. The fourth-order valence-electron chi connectivity index (χ4n) is 4.78. The maximum Gasteiger partial charge on any atom is 0.0312 e. The Kier molecular flexibility index (Phi) is 4.43. The third kappa shape index (κ3) is 3.18. The lowest BCUT2D eigenvalue weighted by molar-refractivity contribution is 0.0388. The second-order valence-corrected chi connectivity index (χ2v) is 7.15. The molecule has 0 unspecified atom stereocenters. The van der Waals surface area contributed by atoms with Crippen molar-refractivity contribution < 1.29 is 0 Å². The number of fused-ring (bicyclic) bond motifs is 1. The maximum absolute atomic E-state index is 4.29. The van der Waals surface area contributed by atoms with Gasteiger partial charge in [0.1, 0.15) is 0 Å². The molecule has 0 amide bonds. The van der Waals surface area contributed by atoms with E-state index in [1.165, 1.54) is 44.2 Å². The quantitative estimate of drug-likeness (QED) is 0.822. The van der Waals surface area contributed by atoms with Crippen molar-refractivity contribution in [2.24, 2.45) is 5.92 Å². The van der Waals surface area contributed by atoms with E-state index in [9.17, 15) is 0 Å². The van der Waals surface area contributed by atoms with E-state index in [-0.39, 0.29) is 0 Å². The zero-order valence-electron chi connectivity index (χ0n) is 13.8. The molecule has 2 fully saturated rings. The summed E-state index contributed by atoms with van der Waals surface area (Å²) in [6.45, 7) is 2.28. The molecule has 0 N–H and O–H groups in total. The first-order chi connectivity index (χ1) is 11.4. The highest BCUT2D eigenvalue weighted by molar-refractivity contribution is 5.22. The first kappa shape index (κ1) is 14.9. The number of hydrogen-bond donors (Lipinski definition) is 0. The first-order valence-electron chi connectivity index (χ1n) is 9.10. The number of nitrogens with zero attached hydrogens (tertiary/aromatic N) is 2. The van der Waals surface area contributed by atoms with Crippen LogP contribution in [0.1, 0.15) is 49.1 Å². The number of aromatic nitrogens is 1. The van der Waals surface area contributed by atoms with Crippen molar-refractivity contribution >= 4 is 0 Å². The van der Waals surface area contributed by atoms with Gasteiger partial charge in [0.2, 0.25) is 0 Å². The molecule has 1 aliphatic carbocycles. The average molecular weight is 306 g/mol. The van der Waals surface area contributed by atoms with Gasteiger partial charge in [0.25, 0.3) is 0 Å². The van der Waals surface area contributed by atoms with Gasteiger partial charge in [-0.25, -0.2) is 0 Å². The van der Waals surface area contributed by atoms with Gasteiger partial charge >= 0.3 is 0 Å². The maximum atomic E-state index is 4.29. The van der Waals surface area contributed by atoms with Gasteiger partial charge in [0.15, 0.2) is 0 Å². The minimum absolute atomic E-state index is 0.753. The zero-order chi connectivity index (χ0) is 15.5. The van der Waals surface area contributed by atoms with E-state index in [2.05, 4.69) is 52.3 Å². The van der Waals surface area contributed by atoms with Crippen LogP contribution in [0, 0.1) is 5.92 Å². The number of hydrogen-bond acceptors (Lipinski definition) is 2. The Bertz CT molecular complexity index is 610. The number of likely N-dealkylation sites (tertiary alicyclic amines) is 1. The van der Waals surface area contributed by atoms with Crippen molar-refractivity contribution in [1.82, 2.24) is 9.88 Å². The average Bonchev–Trinajstić information content (AvgIpc) is 2.64. The normalized spacial score (nSPS) is 28.3. The standard InChI is InChI=1S/C21H26N2/c1-2-8-18(9-3-1)19-12-14-23(16-17-7-6-13-22-15-17)21-11-5-4-10-20(19)21/h1-3,6-9,13,15,19-21H,4-5,10-12,14,16H2/t19-,20-,21-/m1/s1. The lowest BCUT2D eigenvalue weighted by atomic mass is 9.69. The summed E-state index contributed by atoms with van der Waals surface area (Å²) < 4.78 is 0. The molecule has 2 heteroatoms. The van der Waals surface area contributed by atoms with Crippen LogP contribution >= 0.6 is 0 Å². The van der Waals surface area contributed by atoms with E-state index in [0.717, 1.165) is 24.4 Å². The van der Waals surface area contributed by atoms with Gasteiger partial charge < -0.3 is 0 Å². The Balaban J connectivity index is 1.54. The molecule has 2 aromatic rings. The summed E-state index contributed by atoms with van der Waals surface area (Å²) in [6, 6.07) is 16.3. The fourth-order valence-corrected chi connectivity index (χ4v) is 4.78. The van der Waals surface area contributed by atoms with E-state index < -0.39 is 0 Å². The molecule has 23 heavy (non-hydrogen) atoms. The monoisotopic (exact) mass is 306 g/mol. The minimum Gasteiger partial charge on any atom is -0.296 e. The molecule has 2 heterocycles. The van der Waals surface area contributed by atoms with Crippen LogP contribution in [0.25, 0.3) is 0 Å². The van der Waals surface area contributed by atoms with Crippen LogP contribution in [0.3, 0.4) is 0 Å². The highest BCUT2D eigenvalue weighted by atomic mass is 15.2. The van der Waals surface area contributed by atoms with Gasteiger partial charge in [-0.15, -0.1) is 0 Å². The fraction of sp³-hybridized carbons (Fsp3) is 0.476. The molecule has 1 saturated heterocycles. The summed E-state index contributed by atoms with van der Waals surface area (Å²) in [5.41, 5.74) is 2.92. The molecule has 0 radical (unpaired) electrons. The van der Waals surface area contributed by atoms with Crippen LogP contribution in [0.15, 0.2) is 54.9 Å². The Hall–Kier alpha value is -1.67. The summed E-state index contributed by atoms with van der Waals surface area (Å²) in [5.74, 6) is 1.59. The van der Waals surface area contributed by atoms with E-state index in [0.29, 0.717) is 0 Å². The third-order valence-electron chi connectivity index (χ3n) is 5.83. The molecule has 120 valence electrons. The predicted octanol–water partition coefficient (Wildman–Crippen LogP) is 4.63. The number of rotatable bonds is 3. The Labute approximate surface area is 139 Å². The molecule has 0 spiro atoms. The Morgan fingerprint density at radius 1 is 0.957 bits per heavy atom. The summed E-state index contributed by atoms with van der Waals surface area (Å²) >= 11 is 0. The lowest BCUT2D eigenvalue weighted by Crippen LogP contribution is -2.49. The molecule has 3 atom stereocenters. The molecule has 4 rings (SSSR count). The van der Waals surface area contributed by atoms with Gasteiger partial charge in [0.05, 0.1) is 0 Å². The Morgan fingerprint density at radius 3 is 2.65 bits per heavy atom. The van der Waals surface area contributed by atoms with Crippen LogP contribution < -0.4 is 0 Å². The zero-order valence-corrected chi connectivity index (χ0v) is 13.8. The van der Waals surface area contributed by atoms with Crippen molar-refractivity contribution in [3.8, 4) is 0 Å². The van der Waals surface area contributed by atoms with Crippen LogP contribution in [-0.4, -0.2) is 22.5 Å². The summed E-state index contributed by atoms with van der Waals surface area (Å²) in [7, 11) is 0. The predicted molar refractivity (Wildman–Crippen MR) is 94.2 cm³/mol. The SMILES string of the molecule is c1ccc([C@H]2CCN(Cc3cccnc3)[C@@H]3CCCC[C@H]23)cc1. The smallest absolute Gasteiger partial charge is 0.0312 e. The van der Waals surface area contributed by atoms with E-state index >= 15 is 0 Å². The minimum atomic E-state index is 0.753. The van der Waals surface area contributed by atoms with Crippen molar-refractivity contribution in [2.75, 3.05) is 6.54 Å². The summed E-state index contributed by atoms with van der Waals surface area (Å²) in [6.07, 6.45) is 10.8. The number of benzene rings is 1. The van der Waals surface area contributed by atoms with Gasteiger partial charge in [-0.3, -0.25) is 9.88 Å². The van der Waals surface area contributed by atoms with Crippen LogP contribution in [0.4, 0.5) is 0 Å². The topological polar surface area (TPSA) is 16.1 Å². The van der Waals surface area contributed by atoms with Crippen LogP contribution in [0.5, 0.6) is 0 Å². The molecular formula is C21H26N2. The van der Waals surface area contributed by atoms with Gasteiger partial charge in [-0.2, -0.15) is 0 Å². The second kappa shape index (κ2) is 6.84. The molecule has 1 saturated carbocycles. The third-order valence-corrected chi connectivity index (χ3v) is 5.83. The van der Waals surface area contributed by atoms with Gasteiger partial charge in [0, 0.05) is 25.0 Å². The molecule has 2 aliphatic rings. The highest BCUT2D eigenvalue weighted by Gasteiger charge is 2.39. The van der Waals surface area contributed by atoms with Crippen molar-refractivity contribution in [1.29, 1.82) is 0 Å². The van der Waals surface area contributed by atoms with Crippen LogP contribution in [0.2, 0.25) is 0 Å². The first-order valence-corrected chi connectivity index (χ1v) is 9.10. The van der Waals surface area contributed by atoms with Crippen molar-refractivity contribution in [2.45, 2.75) is 50.6 Å². The number of piperidine rings is 1. The second-order valence-electron chi connectivity index (χ2n) is 7.15. The van der Waals surface area contributed by atoms with E-state index in [1.54, 1.807) is 5.56 Å². The molecule has 2 nitrogen and oxygen atoms in total. The van der Waals surface area contributed by atoms with Gasteiger partial charge in [-0.05, 0) is 54.8 Å². The number of pyridine rings is 1. The van der Waals surface area contributed by atoms with Crippen molar-refractivity contribution in [3.63, 3.8) is 0 Å². The van der Waals surface area contributed by atoms with Gasteiger partial charge in [-0.1, -0.05) is 49.2 Å².